The van der Waals surface area contributed by atoms with Crippen LogP contribution < -0.4 is 5.32 Å². The molecule has 0 heterocycles. The first-order chi connectivity index (χ1) is 9.54. The van der Waals surface area contributed by atoms with Crippen molar-refractivity contribution < 1.29 is 24.0 Å². The van der Waals surface area contributed by atoms with Crippen molar-refractivity contribution in [2.75, 3.05) is 0 Å². The van der Waals surface area contributed by atoms with Crippen molar-refractivity contribution in [2.45, 2.75) is 26.8 Å². The number of nitrogens with one attached hydrogen (secondary N) is 1. The maximum Gasteiger partial charge on any atom is 0.326 e. The van der Waals surface area contributed by atoms with Crippen LogP contribution in [0.2, 0.25) is 0 Å². The van der Waals surface area contributed by atoms with E-state index in [2.05, 4.69) is 5.32 Å². The van der Waals surface area contributed by atoms with Gasteiger partial charge in [-0.2, -0.15) is 4.39 Å². The lowest BCUT2D eigenvalue weighted by molar-refractivity contribution is -0.387. The Balaban J connectivity index is 3.07. The summed E-state index contributed by atoms with van der Waals surface area (Å²) in [6.07, 6.45) is 0. The Kier molecular flexibility index (Phi) is 4.62. The number of hydrogen-bond acceptors (Lipinski definition) is 4. The van der Waals surface area contributed by atoms with E-state index in [-0.39, 0.29) is 5.56 Å². The predicted molar refractivity (Wildman–Crippen MR) is 71.4 cm³/mol. The Hall–Kier alpha value is -2.51. The van der Waals surface area contributed by atoms with Crippen LogP contribution in [0, 0.1) is 21.3 Å². The van der Waals surface area contributed by atoms with Crippen molar-refractivity contribution in [2.24, 2.45) is 5.41 Å². The number of carboxylic acids is 1. The van der Waals surface area contributed by atoms with E-state index in [4.69, 9.17) is 5.11 Å². The minimum Gasteiger partial charge on any atom is -0.480 e. The second-order valence-corrected chi connectivity index (χ2v) is 5.53. The quantitative estimate of drug-likeness (QED) is 0.652. The molecule has 0 saturated heterocycles. The van der Waals surface area contributed by atoms with Crippen LogP contribution in [-0.4, -0.2) is 27.9 Å². The van der Waals surface area contributed by atoms with Crippen LogP contribution in [0.4, 0.5) is 10.1 Å². The molecule has 21 heavy (non-hydrogen) atoms. The fourth-order valence-corrected chi connectivity index (χ4v) is 1.66. The van der Waals surface area contributed by atoms with Gasteiger partial charge in [-0.25, -0.2) is 4.79 Å². The van der Waals surface area contributed by atoms with Gasteiger partial charge in [-0.05, 0) is 17.5 Å². The molecule has 8 heteroatoms. The molecule has 2 N–H and O–H groups in total. The van der Waals surface area contributed by atoms with Gasteiger partial charge in [-0.1, -0.05) is 20.8 Å². The van der Waals surface area contributed by atoms with Crippen LogP contribution in [0.1, 0.15) is 31.1 Å². The SMILES string of the molecule is CC(C)(C)[C@@H](NC(=O)c1ccc(F)c([N+](=O)[O-])c1)C(=O)O. The Morgan fingerprint density at radius 2 is 1.95 bits per heavy atom. The number of aliphatic carboxylic acids is 1. The van der Waals surface area contributed by atoms with Gasteiger partial charge < -0.3 is 10.4 Å². The fraction of sp³-hybridized carbons (Fsp3) is 0.385. The molecule has 0 spiro atoms. The lowest BCUT2D eigenvalue weighted by atomic mass is 9.86. The zero-order valence-corrected chi connectivity index (χ0v) is 11.7. The number of nitrogens with zero attached hydrogens (tertiary/aromatic N) is 1. The van der Waals surface area contributed by atoms with Gasteiger partial charge in [0, 0.05) is 11.6 Å². The fourth-order valence-electron chi connectivity index (χ4n) is 1.66. The number of benzene rings is 1. The van der Waals surface area contributed by atoms with E-state index in [0.29, 0.717) is 0 Å². The molecule has 114 valence electrons. The Morgan fingerprint density at radius 3 is 2.38 bits per heavy atom. The molecule has 0 fully saturated rings. The average molecular weight is 298 g/mol. The molecule has 1 rings (SSSR count). The van der Waals surface area contributed by atoms with Crippen molar-refractivity contribution in [3.63, 3.8) is 0 Å². The number of halogens is 1. The highest BCUT2D eigenvalue weighted by molar-refractivity contribution is 5.97. The van der Waals surface area contributed by atoms with Crippen LogP contribution in [0.5, 0.6) is 0 Å². The van der Waals surface area contributed by atoms with Gasteiger partial charge in [0.2, 0.25) is 5.82 Å². The molecule has 0 aliphatic carbocycles. The minimum absolute atomic E-state index is 0.182. The minimum atomic E-state index is -1.23. The van der Waals surface area contributed by atoms with Crippen LogP contribution in [0.3, 0.4) is 0 Å². The van der Waals surface area contributed by atoms with Gasteiger partial charge in [0.05, 0.1) is 4.92 Å². The number of carbonyl (C=O) groups is 2. The molecule has 0 bridgehead atoms. The van der Waals surface area contributed by atoms with Gasteiger partial charge in [0.1, 0.15) is 6.04 Å². The number of rotatable bonds is 4. The molecule has 7 nitrogen and oxygen atoms in total. The van der Waals surface area contributed by atoms with Crippen molar-refractivity contribution in [3.05, 3.63) is 39.7 Å². The second-order valence-electron chi connectivity index (χ2n) is 5.53. The Labute approximate surface area is 119 Å². The van der Waals surface area contributed by atoms with Crippen molar-refractivity contribution in [1.82, 2.24) is 5.32 Å². The van der Waals surface area contributed by atoms with Gasteiger partial charge >= 0.3 is 11.7 Å². The average Bonchev–Trinajstić information content (AvgIpc) is 2.33. The van der Waals surface area contributed by atoms with Crippen LogP contribution in [0.25, 0.3) is 0 Å². The van der Waals surface area contributed by atoms with E-state index in [1.807, 2.05) is 0 Å². The first kappa shape index (κ1) is 16.5. The van der Waals surface area contributed by atoms with Crippen molar-refractivity contribution in [1.29, 1.82) is 0 Å². The third kappa shape index (κ3) is 3.98. The molecule has 1 aromatic rings. The molecule has 0 saturated carbocycles. The summed E-state index contributed by atoms with van der Waals surface area (Å²) < 4.78 is 13.2. The van der Waals surface area contributed by atoms with E-state index in [1.54, 1.807) is 20.8 Å². The molecule has 0 aliphatic rings. The highest BCUT2D eigenvalue weighted by atomic mass is 19.1. The molecule has 0 unspecified atom stereocenters. The number of hydrogen-bond donors (Lipinski definition) is 2. The van der Waals surface area contributed by atoms with Gasteiger partial charge in [0.15, 0.2) is 0 Å². The third-order valence-corrected chi connectivity index (χ3v) is 2.79. The van der Waals surface area contributed by atoms with Crippen molar-refractivity contribution in [3.8, 4) is 0 Å². The maximum atomic E-state index is 13.2. The first-order valence-corrected chi connectivity index (χ1v) is 6.01. The summed E-state index contributed by atoms with van der Waals surface area (Å²) in [5, 5.41) is 22.0. The smallest absolute Gasteiger partial charge is 0.326 e. The van der Waals surface area contributed by atoms with E-state index in [0.717, 1.165) is 18.2 Å². The predicted octanol–water partition coefficient (Wildman–Crippen LogP) is 1.96. The summed E-state index contributed by atoms with van der Waals surface area (Å²) in [6.45, 7) is 4.87. The largest absolute Gasteiger partial charge is 0.480 e. The molecule has 0 radical (unpaired) electrons. The van der Waals surface area contributed by atoms with Gasteiger partial charge in [0.25, 0.3) is 5.91 Å². The summed E-state index contributed by atoms with van der Waals surface area (Å²) in [5.74, 6) is -3.12. The molecule has 1 amide bonds. The van der Waals surface area contributed by atoms with E-state index < -0.39 is 39.8 Å². The lowest BCUT2D eigenvalue weighted by Gasteiger charge is -2.27. The maximum absolute atomic E-state index is 13.2. The standard InChI is InChI=1S/C13H15FN2O5/c1-13(2,3)10(12(18)19)15-11(17)7-4-5-8(14)9(6-7)16(20)21/h4-6,10H,1-3H3,(H,15,17)(H,18,19)/t10-/m0/s1. The number of nitro benzene ring substituents is 1. The van der Waals surface area contributed by atoms with E-state index >= 15 is 0 Å². The highest BCUT2D eigenvalue weighted by Crippen LogP contribution is 2.22. The zero-order chi connectivity index (χ0) is 16.4. The summed E-state index contributed by atoms with van der Waals surface area (Å²) in [5.41, 5.74) is -1.78. The van der Waals surface area contributed by atoms with Crippen LogP contribution in [-0.2, 0) is 4.79 Å². The van der Waals surface area contributed by atoms with Gasteiger partial charge in [-0.3, -0.25) is 14.9 Å². The number of carboxylic acid groups (broad SMARTS) is 1. The molecule has 1 atom stereocenters. The number of carbonyl (C=O) groups excluding carboxylic acids is 1. The summed E-state index contributed by atoms with van der Waals surface area (Å²) in [6, 6.07) is 1.43. The van der Waals surface area contributed by atoms with E-state index in [1.165, 1.54) is 0 Å². The zero-order valence-electron chi connectivity index (χ0n) is 11.7. The van der Waals surface area contributed by atoms with Crippen LogP contribution in [0.15, 0.2) is 18.2 Å². The summed E-state index contributed by atoms with van der Waals surface area (Å²) >= 11 is 0. The third-order valence-electron chi connectivity index (χ3n) is 2.79. The monoisotopic (exact) mass is 298 g/mol. The molecular weight excluding hydrogens is 283 g/mol. The van der Waals surface area contributed by atoms with Crippen LogP contribution >= 0.6 is 0 Å². The Bertz CT molecular complexity index is 595. The van der Waals surface area contributed by atoms with Crippen molar-refractivity contribution >= 4 is 17.6 Å². The Morgan fingerprint density at radius 1 is 1.38 bits per heavy atom. The number of nitro groups is 1. The number of amides is 1. The highest BCUT2D eigenvalue weighted by Gasteiger charge is 2.33. The summed E-state index contributed by atoms with van der Waals surface area (Å²) in [4.78, 5) is 32.8. The molecule has 0 aliphatic heterocycles. The van der Waals surface area contributed by atoms with E-state index in [9.17, 15) is 24.1 Å². The molecule has 1 aromatic carbocycles. The first-order valence-electron chi connectivity index (χ1n) is 6.01. The summed E-state index contributed by atoms with van der Waals surface area (Å²) in [7, 11) is 0. The topological polar surface area (TPSA) is 110 Å². The normalized spacial score (nSPS) is 12.6. The molecule has 0 aromatic heterocycles. The second kappa shape index (κ2) is 5.86. The lowest BCUT2D eigenvalue weighted by Crippen LogP contribution is -2.49. The van der Waals surface area contributed by atoms with Gasteiger partial charge in [-0.15, -0.1) is 0 Å². The molecular formula is C13H15FN2O5.